The van der Waals surface area contributed by atoms with Crippen LogP contribution in [0.5, 0.6) is 0 Å². The molecule has 19 heavy (non-hydrogen) atoms. The van der Waals surface area contributed by atoms with E-state index in [1.807, 2.05) is 6.07 Å². The zero-order chi connectivity index (χ0) is 13.2. The molecule has 3 nitrogen and oxygen atoms in total. The standard InChI is InChI=1S/C15H21ClN2O/c1-19-14-6-7-18(10-14)15-5-2-12(16)8-11(15)9-17-13-3-4-13/h2,5,8,13-14,17H,3-4,6-7,9-10H2,1H3. The maximum atomic E-state index is 6.14. The van der Waals surface area contributed by atoms with E-state index in [9.17, 15) is 0 Å². The summed E-state index contributed by atoms with van der Waals surface area (Å²) in [6, 6.07) is 6.94. The number of nitrogens with one attached hydrogen (secondary N) is 1. The zero-order valence-corrected chi connectivity index (χ0v) is 12.1. The van der Waals surface area contributed by atoms with E-state index in [0.717, 1.165) is 37.1 Å². The number of halogens is 1. The van der Waals surface area contributed by atoms with Crippen LogP contribution in [0.15, 0.2) is 18.2 Å². The number of rotatable bonds is 5. The Labute approximate surface area is 119 Å². The number of ether oxygens (including phenoxy) is 1. The van der Waals surface area contributed by atoms with E-state index in [2.05, 4.69) is 22.3 Å². The van der Waals surface area contributed by atoms with Gasteiger partial charge in [-0.3, -0.25) is 0 Å². The van der Waals surface area contributed by atoms with Crippen LogP contribution in [-0.4, -0.2) is 32.3 Å². The Balaban J connectivity index is 1.74. The van der Waals surface area contributed by atoms with E-state index in [0.29, 0.717) is 6.10 Å². The fourth-order valence-corrected chi connectivity index (χ4v) is 2.88. The van der Waals surface area contributed by atoms with Crippen LogP contribution in [0.1, 0.15) is 24.8 Å². The number of hydrogen-bond acceptors (Lipinski definition) is 3. The number of nitrogens with zero attached hydrogens (tertiary/aromatic N) is 1. The summed E-state index contributed by atoms with van der Waals surface area (Å²) in [6.45, 7) is 2.96. The molecule has 1 heterocycles. The lowest BCUT2D eigenvalue weighted by Gasteiger charge is -2.22. The average molecular weight is 281 g/mol. The first-order valence-corrected chi connectivity index (χ1v) is 7.43. The summed E-state index contributed by atoms with van der Waals surface area (Å²) in [5.41, 5.74) is 2.60. The maximum Gasteiger partial charge on any atom is 0.0762 e. The minimum atomic E-state index is 0.361. The van der Waals surface area contributed by atoms with Crippen molar-refractivity contribution in [2.75, 3.05) is 25.1 Å². The van der Waals surface area contributed by atoms with Crippen molar-refractivity contribution in [3.63, 3.8) is 0 Å². The molecule has 3 rings (SSSR count). The second-order valence-electron chi connectivity index (χ2n) is 5.52. The van der Waals surface area contributed by atoms with Crippen molar-refractivity contribution in [3.8, 4) is 0 Å². The summed E-state index contributed by atoms with van der Waals surface area (Å²) in [7, 11) is 1.80. The third-order valence-corrected chi connectivity index (χ3v) is 4.25. The molecule has 2 aliphatic rings. The van der Waals surface area contributed by atoms with Crippen LogP contribution in [0.4, 0.5) is 5.69 Å². The minimum Gasteiger partial charge on any atom is -0.380 e. The molecule has 0 aromatic heterocycles. The van der Waals surface area contributed by atoms with Gasteiger partial charge in [0.15, 0.2) is 0 Å². The van der Waals surface area contributed by atoms with Gasteiger partial charge in [0.2, 0.25) is 0 Å². The predicted octanol–water partition coefficient (Wildman–Crippen LogP) is 2.82. The molecular formula is C15H21ClN2O. The molecule has 1 atom stereocenters. The van der Waals surface area contributed by atoms with Crippen LogP contribution >= 0.6 is 11.6 Å². The van der Waals surface area contributed by atoms with E-state index in [4.69, 9.17) is 16.3 Å². The summed E-state index contributed by atoms with van der Waals surface area (Å²) in [5.74, 6) is 0. The van der Waals surface area contributed by atoms with Gasteiger partial charge < -0.3 is 15.0 Å². The minimum absolute atomic E-state index is 0.361. The number of methoxy groups -OCH3 is 1. The van der Waals surface area contributed by atoms with E-state index in [1.165, 1.54) is 24.1 Å². The topological polar surface area (TPSA) is 24.5 Å². The van der Waals surface area contributed by atoms with Crippen LogP contribution < -0.4 is 10.2 Å². The summed E-state index contributed by atoms with van der Waals surface area (Å²) < 4.78 is 5.45. The van der Waals surface area contributed by atoms with Crippen molar-refractivity contribution in [2.45, 2.75) is 38.0 Å². The molecule has 104 valence electrons. The van der Waals surface area contributed by atoms with E-state index in [1.54, 1.807) is 7.11 Å². The molecule has 0 radical (unpaired) electrons. The first kappa shape index (κ1) is 13.2. The molecular weight excluding hydrogens is 260 g/mol. The maximum absolute atomic E-state index is 6.14. The second-order valence-corrected chi connectivity index (χ2v) is 5.96. The van der Waals surface area contributed by atoms with Gasteiger partial charge in [0, 0.05) is 43.5 Å². The Morgan fingerprint density at radius 3 is 2.89 bits per heavy atom. The lowest BCUT2D eigenvalue weighted by molar-refractivity contribution is 0.121. The fraction of sp³-hybridized carbons (Fsp3) is 0.600. The van der Waals surface area contributed by atoms with Crippen LogP contribution in [0.2, 0.25) is 5.02 Å². The lowest BCUT2D eigenvalue weighted by Crippen LogP contribution is -2.25. The first-order valence-electron chi connectivity index (χ1n) is 7.06. The Hall–Kier alpha value is -0.770. The fourth-order valence-electron chi connectivity index (χ4n) is 2.69. The molecule has 1 N–H and O–H groups in total. The molecule has 1 saturated carbocycles. The average Bonchev–Trinajstić information content (AvgIpc) is 3.13. The highest BCUT2D eigenvalue weighted by Gasteiger charge is 2.25. The van der Waals surface area contributed by atoms with Crippen LogP contribution in [0.25, 0.3) is 0 Å². The number of anilines is 1. The number of benzene rings is 1. The van der Waals surface area contributed by atoms with Gasteiger partial charge in [-0.15, -0.1) is 0 Å². The van der Waals surface area contributed by atoms with Gasteiger partial charge in [0.25, 0.3) is 0 Å². The lowest BCUT2D eigenvalue weighted by atomic mass is 10.1. The van der Waals surface area contributed by atoms with E-state index in [-0.39, 0.29) is 0 Å². The van der Waals surface area contributed by atoms with Gasteiger partial charge >= 0.3 is 0 Å². The molecule has 1 unspecified atom stereocenters. The Morgan fingerprint density at radius 2 is 2.21 bits per heavy atom. The molecule has 1 saturated heterocycles. The van der Waals surface area contributed by atoms with Gasteiger partial charge in [-0.05, 0) is 43.0 Å². The predicted molar refractivity (Wildman–Crippen MR) is 78.9 cm³/mol. The smallest absolute Gasteiger partial charge is 0.0762 e. The highest BCUT2D eigenvalue weighted by atomic mass is 35.5. The van der Waals surface area contributed by atoms with Crippen molar-refractivity contribution < 1.29 is 4.74 Å². The molecule has 0 bridgehead atoms. The molecule has 1 aliphatic heterocycles. The third kappa shape index (κ3) is 3.22. The van der Waals surface area contributed by atoms with Gasteiger partial charge in [-0.25, -0.2) is 0 Å². The largest absolute Gasteiger partial charge is 0.380 e. The summed E-state index contributed by atoms with van der Waals surface area (Å²) in [5, 5.41) is 4.39. The quantitative estimate of drug-likeness (QED) is 0.898. The first-order chi connectivity index (χ1) is 9.26. The molecule has 1 aliphatic carbocycles. The van der Waals surface area contributed by atoms with Crippen molar-refractivity contribution in [3.05, 3.63) is 28.8 Å². The van der Waals surface area contributed by atoms with Gasteiger partial charge in [-0.2, -0.15) is 0 Å². The molecule has 2 fully saturated rings. The van der Waals surface area contributed by atoms with Crippen molar-refractivity contribution in [1.82, 2.24) is 5.32 Å². The Kier molecular flexibility index (Phi) is 3.96. The van der Waals surface area contributed by atoms with Crippen molar-refractivity contribution in [2.24, 2.45) is 0 Å². The summed E-state index contributed by atoms with van der Waals surface area (Å²) >= 11 is 6.14. The molecule has 0 spiro atoms. The van der Waals surface area contributed by atoms with Crippen LogP contribution in [0, 0.1) is 0 Å². The Bertz CT molecular complexity index is 448. The number of hydrogen-bond donors (Lipinski definition) is 1. The van der Waals surface area contributed by atoms with E-state index >= 15 is 0 Å². The second kappa shape index (κ2) is 5.70. The van der Waals surface area contributed by atoms with Gasteiger partial charge in [0.05, 0.1) is 6.10 Å². The molecule has 1 aromatic rings. The molecule has 1 aromatic carbocycles. The Morgan fingerprint density at radius 1 is 1.37 bits per heavy atom. The highest BCUT2D eigenvalue weighted by Crippen LogP contribution is 2.29. The zero-order valence-electron chi connectivity index (χ0n) is 11.4. The summed E-state index contributed by atoms with van der Waals surface area (Å²) in [6.07, 6.45) is 4.09. The molecule has 0 amide bonds. The third-order valence-electron chi connectivity index (χ3n) is 4.02. The van der Waals surface area contributed by atoms with Gasteiger partial charge in [0.1, 0.15) is 0 Å². The normalized spacial score (nSPS) is 23.1. The van der Waals surface area contributed by atoms with E-state index < -0.39 is 0 Å². The SMILES string of the molecule is COC1CCN(c2ccc(Cl)cc2CNC2CC2)C1. The van der Waals surface area contributed by atoms with Gasteiger partial charge in [-0.1, -0.05) is 11.6 Å². The van der Waals surface area contributed by atoms with Crippen molar-refractivity contribution >= 4 is 17.3 Å². The monoisotopic (exact) mass is 280 g/mol. The summed E-state index contributed by atoms with van der Waals surface area (Å²) in [4.78, 5) is 2.41. The van der Waals surface area contributed by atoms with Crippen LogP contribution in [-0.2, 0) is 11.3 Å². The van der Waals surface area contributed by atoms with Crippen molar-refractivity contribution in [1.29, 1.82) is 0 Å². The molecule has 4 heteroatoms. The van der Waals surface area contributed by atoms with Crippen LogP contribution in [0.3, 0.4) is 0 Å². The highest BCUT2D eigenvalue weighted by molar-refractivity contribution is 6.30.